The molecule has 0 fully saturated rings. The van der Waals surface area contributed by atoms with Crippen molar-refractivity contribution >= 4 is 0 Å². The Hall–Kier alpha value is -1.15. The van der Waals surface area contributed by atoms with Crippen LogP contribution >= 0.6 is 0 Å². The summed E-state index contributed by atoms with van der Waals surface area (Å²) in [4.78, 5) is 0. The van der Waals surface area contributed by atoms with E-state index in [9.17, 15) is 0 Å². The summed E-state index contributed by atoms with van der Waals surface area (Å²) < 4.78 is 3.72. The van der Waals surface area contributed by atoms with E-state index in [0.29, 0.717) is 0 Å². The van der Waals surface area contributed by atoms with Crippen molar-refractivity contribution in [3.63, 3.8) is 0 Å². The summed E-state index contributed by atoms with van der Waals surface area (Å²) in [6.45, 7) is 0. The van der Waals surface area contributed by atoms with Crippen molar-refractivity contribution in [2.45, 2.75) is 7.92 Å². The molecule has 140 valence electrons. The van der Waals surface area contributed by atoms with Crippen molar-refractivity contribution in [3.8, 4) is 0 Å². The van der Waals surface area contributed by atoms with Crippen LogP contribution in [0.4, 0.5) is 0 Å². The van der Waals surface area contributed by atoms with Gasteiger partial charge >= 0.3 is 147 Å². The first-order valence-corrected chi connectivity index (χ1v) is 11.9. The van der Waals surface area contributed by atoms with Gasteiger partial charge in [0.2, 0.25) is 0 Å². The van der Waals surface area contributed by atoms with Crippen LogP contribution in [-0.4, -0.2) is 14.1 Å². The molecule has 0 heterocycles. The van der Waals surface area contributed by atoms with Crippen molar-refractivity contribution in [1.82, 2.24) is 5.32 Å². The Morgan fingerprint density at radius 2 is 0.760 bits per heavy atom. The molecule has 3 aromatic carbocycles. The average Bonchev–Trinajstić information content (AvgIpc) is 2.65. The molecule has 0 unspecified atom stereocenters. The third kappa shape index (κ3) is 8.18. The zero-order chi connectivity index (χ0) is 17.7. The van der Waals surface area contributed by atoms with Gasteiger partial charge in [-0.3, -0.25) is 0 Å². The van der Waals surface area contributed by atoms with E-state index in [2.05, 4.69) is 96.3 Å². The van der Waals surface area contributed by atoms with Crippen LogP contribution in [0.25, 0.3) is 0 Å². The molecule has 2 heteroatoms. The number of nitrogens with one attached hydrogen (secondary N) is 1. The molecule has 3 rings (SSSR count). The summed E-state index contributed by atoms with van der Waals surface area (Å²) in [5.41, 5.74) is 4.44. The molecule has 0 atom stereocenters. The molecule has 0 amide bonds. The molecule has 0 aliphatic heterocycles. The van der Waals surface area contributed by atoms with Gasteiger partial charge in [-0.15, -0.1) is 0 Å². The van der Waals surface area contributed by atoms with Crippen LogP contribution < -0.4 is 5.32 Å². The first-order chi connectivity index (χ1) is 12.3. The monoisotopic (exact) mass is 493 g/mol. The molecule has 1 nitrogen and oxygen atoms in total. The van der Waals surface area contributed by atoms with Gasteiger partial charge in [-0.05, 0) is 14.1 Å². The van der Waals surface area contributed by atoms with Gasteiger partial charge in [0.1, 0.15) is 0 Å². The van der Waals surface area contributed by atoms with Crippen LogP contribution in [0.5, 0.6) is 0 Å². The third-order valence-electron chi connectivity index (χ3n) is 3.23. The molecule has 3 aromatic rings. The Morgan fingerprint density at radius 3 is 1.00 bits per heavy atom. The van der Waals surface area contributed by atoms with Gasteiger partial charge in [0.15, 0.2) is 0 Å². The second-order valence-electron chi connectivity index (χ2n) is 5.62. The first kappa shape index (κ1) is 20.2. The molecule has 25 heavy (non-hydrogen) atoms. The Kier molecular flexibility index (Phi) is 9.88. The van der Waals surface area contributed by atoms with E-state index in [0.717, 1.165) is 0 Å². The normalized spacial score (nSPS) is 10.6. The average molecular weight is 493 g/mol. The molecule has 0 spiro atoms. The molecule has 0 saturated heterocycles. The minimum atomic E-state index is -0.605. The van der Waals surface area contributed by atoms with Crippen molar-refractivity contribution in [1.29, 1.82) is 0 Å². The molecular formula is C23H28LuN. The van der Waals surface area contributed by atoms with Crippen LogP contribution in [0.2, 0.25) is 0 Å². The van der Waals surface area contributed by atoms with Gasteiger partial charge in [-0.2, -0.15) is 0 Å². The van der Waals surface area contributed by atoms with E-state index in [4.69, 9.17) is 0 Å². The van der Waals surface area contributed by atoms with Crippen molar-refractivity contribution in [2.24, 2.45) is 0 Å². The van der Waals surface area contributed by atoms with E-state index in [1.165, 1.54) is 24.6 Å². The summed E-state index contributed by atoms with van der Waals surface area (Å²) >= 11 is -0.605. The minimum absolute atomic E-state index is 0.605. The van der Waals surface area contributed by atoms with Crippen LogP contribution in [-0.2, 0) is 7.92 Å². The molecule has 0 aliphatic carbocycles. The first-order valence-electron chi connectivity index (χ1n) is 8.34. The van der Waals surface area contributed by atoms with Crippen LogP contribution in [0.15, 0.2) is 91.0 Å². The summed E-state index contributed by atoms with van der Waals surface area (Å²) in [5.74, 6) is 0. The van der Waals surface area contributed by atoms with Crippen molar-refractivity contribution < 1.29 is 31.1 Å². The second-order valence-corrected chi connectivity index (χ2v) is 9.86. The number of hydrogen-bond acceptors (Lipinski definition) is 1. The van der Waals surface area contributed by atoms with Crippen LogP contribution in [0, 0.1) is 31.1 Å². The van der Waals surface area contributed by atoms with Crippen LogP contribution in [0.3, 0.4) is 0 Å². The summed E-state index contributed by atoms with van der Waals surface area (Å²) in [5, 5.41) is 2.75. The fourth-order valence-electron chi connectivity index (χ4n) is 2.16. The Labute approximate surface area is 165 Å². The zero-order valence-corrected chi connectivity index (χ0v) is 16.7. The van der Waals surface area contributed by atoms with Gasteiger partial charge in [0.25, 0.3) is 0 Å². The van der Waals surface area contributed by atoms with E-state index < -0.39 is 31.1 Å². The van der Waals surface area contributed by atoms with Gasteiger partial charge in [0, 0.05) is 0 Å². The van der Waals surface area contributed by atoms with E-state index in [1.54, 1.807) is 0 Å². The zero-order valence-electron chi connectivity index (χ0n) is 15.0. The third-order valence-corrected chi connectivity index (χ3v) is 7.75. The fraction of sp³-hybridized carbons (Fsp3) is 0.217. The molecule has 0 aliphatic rings. The molecule has 0 radical (unpaired) electrons. The van der Waals surface area contributed by atoms with Gasteiger partial charge in [-0.25, -0.2) is 0 Å². The van der Waals surface area contributed by atoms with Gasteiger partial charge < -0.3 is 5.32 Å². The maximum atomic E-state index is 2.75. The predicted octanol–water partition coefficient (Wildman–Crippen LogP) is 5.04. The quantitative estimate of drug-likeness (QED) is 0.507. The SMILES string of the molecule is CNC.c1ccc([CH2][Lu]([CH2]c2ccccc2)[CH2]c2ccccc2)cc1. The summed E-state index contributed by atoms with van der Waals surface area (Å²) in [6, 6.07) is 32.8. The van der Waals surface area contributed by atoms with E-state index in [-0.39, 0.29) is 0 Å². The van der Waals surface area contributed by atoms with E-state index in [1.807, 2.05) is 14.1 Å². The maximum absolute atomic E-state index is 2.75. The van der Waals surface area contributed by atoms with Crippen molar-refractivity contribution in [2.75, 3.05) is 14.1 Å². The number of benzene rings is 3. The molecule has 0 bridgehead atoms. The van der Waals surface area contributed by atoms with E-state index >= 15 is 0 Å². The number of rotatable bonds is 6. The van der Waals surface area contributed by atoms with Crippen LogP contribution in [0.1, 0.15) is 16.7 Å². The fourth-order valence-corrected chi connectivity index (χ4v) is 6.82. The standard InChI is InChI=1S/3C7H7.C2H7N.Lu/c3*1-7-5-3-2-4-6-7;1-3-2;/h3*2-6H,1H2;3H,1-2H3;. The molecular weight excluding hydrogens is 465 g/mol. The Morgan fingerprint density at radius 1 is 0.520 bits per heavy atom. The van der Waals surface area contributed by atoms with Crippen molar-refractivity contribution in [3.05, 3.63) is 108 Å². The Bertz CT molecular complexity index is 584. The van der Waals surface area contributed by atoms with Gasteiger partial charge in [0.05, 0.1) is 0 Å². The second kappa shape index (κ2) is 12.2. The molecule has 0 aromatic heterocycles. The predicted molar refractivity (Wildman–Crippen MR) is 105 cm³/mol. The summed E-state index contributed by atoms with van der Waals surface area (Å²) in [6.07, 6.45) is 0. The topological polar surface area (TPSA) is 12.0 Å². The molecule has 1 N–H and O–H groups in total. The Balaban J connectivity index is 0.000000701. The summed E-state index contributed by atoms with van der Waals surface area (Å²) in [7, 11) is 3.75. The molecule has 0 saturated carbocycles. The van der Waals surface area contributed by atoms with Gasteiger partial charge in [-0.1, -0.05) is 0 Å². The number of hydrogen-bond donors (Lipinski definition) is 1.